The SMILES string of the molecule is Cc1ccc(Cn2cnc3c(c2=O)c2nc4ccccc4nc2n3Cc2ccccc2)cc1. The zero-order valence-electron chi connectivity index (χ0n) is 18.1. The van der Waals surface area contributed by atoms with Crippen LogP contribution in [0.2, 0.25) is 0 Å². The molecule has 0 N–H and O–H groups in total. The molecule has 33 heavy (non-hydrogen) atoms. The fourth-order valence-electron chi connectivity index (χ4n) is 4.26. The Kier molecular flexibility index (Phi) is 4.50. The van der Waals surface area contributed by atoms with Crippen LogP contribution in [-0.4, -0.2) is 24.1 Å². The van der Waals surface area contributed by atoms with E-state index in [0.717, 1.165) is 22.2 Å². The first-order valence-electron chi connectivity index (χ1n) is 10.9. The number of fused-ring (bicyclic) bond motifs is 4. The van der Waals surface area contributed by atoms with Crippen LogP contribution in [0.15, 0.2) is 90.0 Å². The number of hydrogen-bond donors (Lipinski definition) is 0. The predicted octanol–water partition coefficient (Wildman–Crippen LogP) is 4.70. The van der Waals surface area contributed by atoms with Crippen molar-refractivity contribution in [1.29, 1.82) is 0 Å². The van der Waals surface area contributed by atoms with E-state index in [1.165, 1.54) is 5.56 Å². The molecule has 3 heterocycles. The average Bonchev–Trinajstić information content (AvgIpc) is 3.14. The summed E-state index contributed by atoms with van der Waals surface area (Å²) in [5.41, 5.74) is 6.66. The molecule has 3 aromatic carbocycles. The van der Waals surface area contributed by atoms with Crippen molar-refractivity contribution in [2.75, 3.05) is 0 Å². The van der Waals surface area contributed by atoms with Gasteiger partial charge in [-0.3, -0.25) is 9.36 Å². The number of para-hydroxylation sites is 2. The van der Waals surface area contributed by atoms with E-state index in [9.17, 15) is 4.79 Å². The van der Waals surface area contributed by atoms with E-state index in [1.54, 1.807) is 10.9 Å². The summed E-state index contributed by atoms with van der Waals surface area (Å²) >= 11 is 0. The van der Waals surface area contributed by atoms with Crippen molar-refractivity contribution in [2.45, 2.75) is 20.0 Å². The first-order valence-corrected chi connectivity index (χ1v) is 10.9. The molecule has 0 saturated heterocycles. The van der Waals surface area contributed by atoms with E-state index >= 15 is 0 Å². The standard InChI is InChI=1S/C27H21N5O/c1-18-11-13-20(14-12-18)15-31-17-28-25-23(27(31)33)24-26(30-22-10-6-5-9-21(22)29-24)32(25)16-19-7-3-2-4-8-19/h2-14,17H,15-16H2,1H3. The zero-order chi connectivity index (χ0) is 22.4. The van der Waals surface area contributed by atoms with Gasteiger partial charge in [0, 0.05) is 0 Å². The highest BCUT2D eigenvalue weighted by atomic mass is 16.1. The topological polar surface area (TPSA) is 65.6 Å². The molecule has 6 nitrogen and oxygen atoms in total. The molecular formula is C27H21N5O. The van der Waals surface area contributed by atoms with Gasteiger partial charge in [0.05, 0.1) is 24.1 Å². The summed E-state index contributed by atoms with van der Waals surface area (Å²) < 4.78 is 3.65. The van der Waals surface area contributed by atoms with Gasteiger partial charge in [-0.1, -0.05) is 72.3 Å². The summed E-state index contributed by atoms with van der Waals surface area (Å²) in [4.78, 5) is 28.1. The molecule has 0 atom stereocenters. The Hall–Kier alpha value is -4.32. The van der Waals surface area contributed by atoms with Gasteiger partial charge in [0.15, 0.2) is 11.3 Å². The Morgan fingerprint density at radius 1 is 0.727 bits per heavy atom. The first-order chi connectivity index (χ1) is 16.2. The fraction of sp³-hybridized carbons (Fsp3) is 0.111. The van der Waals surface area contributed by atoms with Crippen LogP contribution in [0.5, 0.6) is 0 Å². The zero-order valence-corrected chi connectivity index (χ0v) is 18.1. The predicted molar refractivity (Wildman–Crippen MR) is 130 cm³/mol. The van der Waals surface area contributed by atoms with Crippen molar-refractivity contribution in [3.8, 4) is 0 Å². The summed E-state index contributed by atoms with van der Waals surface area (Å²) in [6.45, 7) is 3.06. The number of aryl methyl sites for hydroxylation is 1. The molecule has 0 aliphatic rings. The number of hydrogen-bond acceptors (Lipinski definition) is 4. The van der Waals surface area contributed by atoms with Crippen LogP contribution in [0, 0.1) is 6.92 Å². The van der Waals surface area contributed by atoms with Gasteiger partial charge in [0.25, 0.3) is 5.56 Å². The Morgan fingerprint density at radius 2 is 1.39 bits per heavy atom. The fourth-order valence-corrected chi connectivity index (χ4v) is 4.26. The minimum atomic E-state index is -0.109. The quantitative estimate of drug-likeness (QED) is 0.406. The molecule has 0 aliphatic carbocycles. The molecule has 0 spiro atoms. The maximum absolute atomic E-state index is 13.7. The van der Waals surface area contributed by atoms with Crippen LogP contribution in [-0.2, 0) is 13.1 Å². The average molecular weight is 431 g/mol. The molecule has 0 amide bonds. The van der Waals surface area contributed by atoms with E-state index in [0.29, 0.717) is 35.3 Å². The minimum Gasteiger partial charge on any atom is -0.304 e. The molecular weight excluding hydrogens is 410 g/mol. The van der Waals surface area contributed by atoms with E-state index in [1.807, 2.05) is 66.1 Å². The summed E-state index contributed by atoms with van der Waals surface area (Å²) in [6.07, 6.45) is 1.63. The van der Waals surface area contributed by atoms with Crippen LogP contribution in [0.4, 0.5) is 0 Å². The van der Waals surface area contributed by atoms with Gasteiger partial charge < -0.3 is 4.57 Å². The van der Waals surface area contributed by atoms with Crippen LogP contribution < -0.4 is 5.56 Å². The summed E-state index contributed by atoms with van der Waals surface area (Å²) in [7, 11) is 0. The molecule has 0 saturated carbocycles. The Bertz CT molecular complexity index is 1680. The van der Waals surface area contributed by atoms with Gasteiger partial charge in [0.1, 0.15) is 17.2 Å². The summed E-state index contributed by atoms with van der Waals surface area (Å²) in [5.74, 6) is 0. The normalized spacial score (nSPS) is 11.5. The lowest BCUT2D eigenvalue weighted by atomic mass is 10.1. The molecule has 0 aliphatic heterocycles. The first kappa shape index (κ1) is 19.4. The largest absolute Gasteiger partial charge is 0.304 e. The lowest BCUT2D eigenvalue weighted by Crippen LogP contribution is -2.21. The van der Waals surface area contributed by atoms with Crippen molar-refractivity contribution in [3.05, 3.63) is 112 Å². The van der Waals surface area contributed by atoms with Crippen LogP contribution in [0.25, 0.3) is 33.2 Å². The third-order valence-electron chi connectivity index (χ3n) is 5.98. The lowest BCUT2D eigenvalue weighted by Gasteiger charge is -2.08. The number of nitrogens with zero attached hydrogens (tertiary/aromatic N) is 5. The molecule has 160 valence electrons. The van der Waals surface area contributed by atoms with Crippen molar-refractivity contribution >= 4 is 33.2 Å². The van der Waals surface area contributed by atoms with Crippen molar-refractivity contribution < 1.29 is 0 Å². The second kappa shape index (κ2) is 7.67. The molecule has 6 rings (SSSR count). The van der Waals surface area contributed by atoms with E-state index in [-0.39, 0.29) is 5.56 Å². The van der Waals surface area contributed by atoms with Gasteiger partial charge in [-0.15, -0.1) is 0 Å². The third kappa shape index (κ3) is 3.36. The molecule has 0 fully saturated rings. The van der Waals surface area contributed by atoms with E-state index < -0.39 is 0 Å². The van der Waals surface area contributed by atoms with Crippen LogP contribution in [0.1, 0.15) is 16.7 Å². The number of rotatable bonds is 4. The van der Waals surface area contributed by atoms with Crippen molar-refractivity contribution in [3.63, 3.8) is 0 Å². The monoisotopic (exact) mass is 431 g/mol. The molecule has 6 aromatic rings. The van der Waals surface area contributed by atoms with Gasteiger partial charge in [-0.05, 0) is 30.2 Å². The Balaban J connectivity index is 1.61. The highest BCUT2D eigenvalue weighted by molar-refractivity contribution is 6.04. The van der Waals surface area contributed by atoms with Gasteiger partial charge in [0.2, 0.25) is 0 Å². The Labute approximate surface area is 189 Å². The second-order valence-electron chi connectivity index (χ2n) is 8.32. The molecule has 3 aromatic heterocycles. The molecule has 0 bridgehead atoms. The molecule has 0 radical (unpaired) electrons. The van der Waals surface area contributed by atoms with E-state index in [4.69, 9.17) is 15.0 Å². The van der Waals surface area contributed by atoms with Crippen molar-refractivity contribution in [2.24, 2.45) is 0 Å². The minimum absolute atomic E-state index is 0.109. The smallest absolute Gasteiger partial charge is 0.265 e. The summed E-state index contributed by atoms with van der Waals surface area (Å²) in [5, 5.41) is 0.508. The highest BCUT2D eigenvalue weighted by Crippen LogP contribution is 2.26. The second-order valence-corrected chi connectivity index (χ2v) is 8.32. The lowest BCUT2D eigenvalue weighted by molar-refractivity contribution is 0.741. The maximum Gasteiger partial charge on any atom is 0.265 e. The van der Waals surface area contributed by atoms with Gasteiger partial charge in [-0.2, -0.15) is 0 Å². The highest BCUT2D eigenvalue weighted by Gasteiger charge is 2.20. The van der Waals surface area contributed by atoms with Crippen LogP contribution in [0.3, 0.4) is 0 Å². The molecule has 0 unspecified atom stereocenters. The van der Waals surface area contributed by atoms with Crippen molar-refractivity contribution in [1.82, 2.24) is 24.1 Å². The van der Waals surface area contributed by atoms with Gasteiger partial charge >= 0.3 is 0 Å². The number of aromatic nitrogens is 5. The number of benzene rings is 3. The maximum atomic E-state index is 13.7. The van der Waals surface area contributed by atoms with E-state index in [2.05, 4.69) is 24.3 Å². The molecule has 6 heteroatoms. The third-order valence-corrected chi connectivity index (χ3v) is 5.98. The van der Waals surface area contributed by atoms with Gasteiger partial charge in [-0.25, -0.2) is 15.0 Å². The Morgan fingerprint density at radius 3 is 2.15 bits per heavy atom. The van der Waals surface area contributed by atoms with Crippen LogP contribution >= 0.6 is 0 Å². The summed E-state index contributed by atoms with van der Waals surface area (Å²) in [6, 6.07) is 26.0.